The minimum absolute atomic E-state index is 0.0408. The second-order valence-electron chi connectivity index (χ2n) is 9.92. The molecule has 4 aromatic carbocycles. The highest BCUT2D eigenvalue weighted by Crippen LogP contribution is 2.30. The van der Waals surface area contributed by atoms with Crippen molar-refractivity contribution >= 4 is 10.1 Å². The summed E-state index contributed by atoms with van der Waals surface area (Å²) in [6.45, 7) is 2.76. The molecule has 4 atom stereocenters. The van der Waals surface area contributed by atoms with E-state index in [-0.39, 0.29) is 24.7 Å². The fraction of sp³-hybridized carbons (Fsp3) is 0.273. The smallest absolute Gasteiger partial charge is 0.297 e. The van der Waals surface area contributed by atoms with Crippen LogP contribution in [0.3, 0.4) is 0 Å². The lowest BCUT2D eigenvalue weighted by Gasteiger charge is -2.41. The molecule has 7 nitrogen and oxygen atoms in total. The molecule has 0 unspecified atom stereocenters. The van der Waals surface area contributed by atoms with Gasteiger partial charge in [-0.3, -0.25) is 4.18 Å². The van der Waals surface area contributed by atoms with Crippen molar-refractivity contribution in [2.75, 3.05) is 6.61 Å². The molecular weight excluding hydrogens is 540 g/mol. The maximum atomic E-state index is 13.5. The van der Waals surface area contributed by atoms with Crippen molar-refractivity contribution in [3.05, 3.63) is 138 Å². The van der Waals surface area contributed by atoms with Crippen molar-refractivity contribution in [1.82, 2.24) is 0 Å². The minimum Gasteiger partial charge on any atom is -0.368 e. The first-order valence-electron chi connectivity index (χ1n) is 13.6. The first-order chi connectivity index (χ1) is 20.0. The van der Waals surface area contributed by atoms with Crippen LogP contribution in [0.4, 0.5) is 0 Å². The molecule has 0 spiro atoms. The molecule has 4 aromatic rings. The average molecular weight is 575 g/mol. The summed E-state index contributed by atoms with van der Waals surface area (Å²) in [6.07, 6.45) is -3.58. The molecule has 1 fully saturated rings. The van der Waals surface area contributed by atoms with Gasteiger partial charge in [0.2, 0.25) is 0 Å². The van der Waals surface area contributed by atoms with Crippen LogP contribution in [-0.4, -0.2) is 39.6 Å². The van der Waals surface area contributed by atoms with Gasteiger partial charge in [-0.1, -0.05) is 109 Å². The molecule has 1 saturated heterocycles. The maximum absolute atomic E-state index is 13.5. The number of ether oxygens (including phenoxy) is 4. The fourth-order valence-corrected chi connectivity index (χ4v) is 5.61. The third-order valence-electron chi connectivity index (χ3n) is 6.78. The van der Waals surface area contributed by atoms with E-state index < -0.39 is 34.7 Å². The molecule has 0 saturated carbocycles. The molecule has 0 radical (unpaired) electrons. The molecule has 41 heavy (non-hydrogen) atoms. The Morgan fingerprint density at radius 1 is 0.634 bits per heavy atom. The zero-order valence-electron chi connectivity index (χ0n) is 22.9. The molecular formula is C33H34O7S. The molecule has 0 N–H and O–H groups in total. The lowest BCUT2D eigenvalue weighted by molar-refractivity contribution is -0.283. The number of aryl methyl sites for hydroxylation is 1. The summed E-state index contributed by atoms with van der Waals surface area (Å²) < 4.78 is 57.8. The number of rotatable bonds is 12. The highest BCUT2D eigenvalue weighted by atomic mass is 32.2. The predicted octanol–water partition coefficient (Wildman–Crippen LogP) is 5.81. The van der Waals surface area contributed by atoms with Crippen LogP contribution in [0.1, 0.15) is 22.3 Å². The lowest BCUT2D eigenvalue weighted by atomic mass is 10.0. The Morgan fingerprint density at radius 3 is 1.66 bits per heavy atom. The van der Waals surface area contributed by atoms with Gasteiger partial charge in [0.05, 0.1) is 31.3 Å². The summed E-state index contributed by atoms with van der Waals surface area (Å²) in [7, 11) is -4.19. The molecule has 0 amide bonds. The average Bonchev–Trinajstić information content (AvgIpc) is 3.00. The largest absolute Gasteiger partial charge is 0.368 e. The number of benzene rings is 4. The van der Waals surface area contributed by atoms with E-state index in [9.17, 15) is 8.42 Å². The van der Waals surface area contributed by atoms with Gasteiger partial charge in [0.25, 0.3) is 10.1 Å². The molecule has 8 heteroatoms. The van der Waals surface area contributed by atoms with Crippen molar-refractivity contribution in [2.24, 2.45) is 0 Å². The van der Waals surface area contributed by atoms with Crippen molar-refractivity contribution in [3.8, 4) is 0 Å². The molecule has 5 rings (SSSR count). The Hall–Kier alpha value is -3.37. The topological polar surface area (TPSA) is 80.3 Å². The van der Waals surface area contributed by atoms with Crippen LogP contribution in [-0.2, 0) is 53.1 Å². The van der Waals surface area contributed by atoms with Crippen molar-refractivity contribution in [2.45, 2.75) is 56.2 Å². The number of hydrogen-bond acceptors (Lipinski definition) is 7. The Balaban J connectivity index is 1.43. The fourth-order valence-electron chi connectivity index (χ4n) is 4.54. The van der Waals surface area contributed by atoms with Gasteiger partial charge in [-0.2, -0.15) is 8.42 Å². The van der Waals surface area contributed by atoms with Crippen LogP contribution in [0.25, 0.3) is 0 Å². The predicted molar refractivity (Wildman–Crippen MR) is 154 cm³/mol. The summed E-state index contributed by atoms with van der Waals surface area (Å²) in [5.41, 5.74) is 3.76. The van der Waals surface area contributed by atoms with Gasteiger partial charge >= 0.3 is 0 Å². The Morgan fingerprint density at radius 2 is 1.12 bits per heavy atom. The maximum Gasteiger partial charge on any atom is 0.297 e. The van der Waals surface area contributed by atoms with E-state index in [0.717, 1.165) is 22.3 Å². The lowest BCUT2D eigenvalue weighted by Crippen LogP contribution is -2.57. The van der Waals surface area contributed by atoms with Crippen LogP contribution >= 0.6 is 0 Å². The Labute approximate surface area is 241 Å². The van der Waals surface area contributed by atoms with E-state index >= 15 is 0 Å². The Kier molecular flexibility index (Phi) is 9.95. The van der Waals surface area contributed by atoms with Gasteiger partial charge in [-0.25, -0.2) is 0 Å². The van der Waals surface area contributed by atoms with Crippen LogP contribution in [0.15, 0.2) is 120 Å². The normalized spacial score (nSPS) is 21.0. The molecule has 1 aliphatic heterocycles. The van der Waals surface area contributed by atoms with E-state index in [1.807, 2.05) is 97.9 Å². The zero-order chi connectivity index (χ0) is 28.5. The monoisotopic (exact) mass is 574 g/mol. The van der Waals surface area contributed by atoms with Crippen LogP contribution in [0.2, 0.25) is 0 Å². The first-order valence-corrected chi connectivity index (χ1v) is 15.0. The van der Waals surface area contributed by atoms with Gasteiger partial charge in [-0.15, -0.1) is 0 Å². The van der Waals surface area contributed by atoms with E-state index in [1.165, 1.54) is 12.1 Å². The van der Waals surface area contributed by atoms with Crippen molar-refractivity contribution in [3.63, 3.8) is 0 Å². The highest BCUT2D eigenvalue weighted by molar-refractivity contribution is 7.86. The first kappa shape index (κ1) is 29.1. The summed E-state index contributed by atoms with van der Waals surface area (Å²) in [4.78, 5) is 0.0408. The highest BCUT2D eigenvalue weighted by Gasteiger charge is 2.46. The quantitative estimate of drug-likeness (QED) is 0.198. The van der Waals surface area contributed by atoms with Gasteiger partial charge < -0.3 is 18.9 Å². The van der Waals surface area contributed by atoms with Gasteiger partial charge in [0, 0.05) is 0 Å². The standard InChI is InChI=1S/C33H34O7S/c1-25-17-19-29(20-18-25)41(34,35)40-32-31(37-22-27-13-7-3-8-14-27)30(36-21-26-11-5-2-6-12-26)24-39-33(32)38-23-28-15-9-4-10-16-28/h2-20,30-33H,21-24H2,1H3/t30-,31-,32+,33-/m0/s1. The molecule has 214 valence electrons. The summed E-state index contributed by atoms with van der Waals surface area (Å²) >= 11 is 0. The van der Waals surface area contributed by atoms with Crippen molar-refractivity contribution in [1.29, 1.82) is 0 Å². The van der Waals surface area contributed by atoms with Crippen LogP contribution < -0.4 is 0 Å². The van der Waals surface area contributed by atoms with Crippen LogP contribution in [0, 0.1) is 6.92 Å². The second kappa shape index (κ2) is 14.0. The third kappa shape index (κ3) is 8.10. The Bertz CT molecular complexity index is 1450. The van der Waals surface area contributed by atoms with E-state index in [4.69, 9.17) is 23.1 Å². The minimum atomic E-state index is -4.19. The molecule has 0 aromatic heterocycles. The van der Waals surface area contributed by atoms with Gasteiger partial charge in [0.1, 0.15) is 12.2 Å². The molecule has 0 bridgehead atoms. The summed E-state index contributed by atoms with van der Waals surface area (Å²) in [6, 6.07) is 35.5. The van der Waals surface area contributed by atoms with Gasteiger partial charge in [0.15, 0.2) is 12.4 Å². The SMILES string of the molecule is Cc1ccc(S(=O)(=O)O[C@H]2[C@@H](OCc3ccccc3)OC[C@H](OCc3ccccc3)[C@@H]2OCc2ccccc2)cc1. The van der Waals surface area contributed by atoms with E-state index in [2.05, 4.69) is 0 Å². The zero-order valence-corrected chi connectivity index (χ0v) is 23.7. The van der Waals surface area contributed by atoms with E-state index in [1.54, 1.807) is 12.1 Å². The molecule has 1 aliphatic rings. The number of hydrogen-bond donors (Lipinski definition) is 0. The summed E-state index contributed by atoms with van der Waals surface area (Å²) in [5, 5.41) is 0. The van der Waals surface area contributed by atoms with Gasteiger partial charge in [-0.05, 0) is 35.7 Å². The third-order valence-corrected chi connectivity index (χ3v) is 8.11. The van der Waals surface area contributed by atoms with Crippen LogP contribution in [0.5, 0.6) is 0 Å². The second-order valence-corrected chi connectivity index (χ2v) is 11.5. The molecule has 0 aliphatic carbocycles. The summed E-state index contributed by atoms with van der Waals surface area (Å²) in [5.74, 6) is 0. The van der Waals surface area contributed by atoms with Crippen molar-refractivity contribution < 1.29 is 31.5 Å². The van der Waals surface area contributed by atoms with E-state index in [0.29, 0.717) is 6.61 Å². The molecule has 1 heterocycles.